The lowest BCUT2D eigenvalue weighted by Crippen LogP contribution is -2.37. The van der Waals surface area contributed by atoms with Crippen molar-refractivity contribution in [3.8, 4) is 11.5 Å². The number of hydrogen-bond acceptors (Lipinski definition) is 9. The van der Waals surface area contributed by atoms with Crippen molar-refractivity contribution in [1.29, 1.82) is 0 Å². The Balaban J connectivity index is 1.04. The van der Waals surface area contributed by atoms with Crippen LogP contribution in [0, 0.1) is 0 Å². The Bertz CT molecular complexity index is 1490. The summed E-state index contributed by atoms with van der Waals surface area (Å²) in [6, 6.07) is 16.5. The van der Waals surface area contributed by atoms with Crippen LogP contribution >= 0.6 is 11.8 Å². The van der Waals surface area contributed by atoms with Crippen LogP contribution in [0.1, 0.15) is 36.9 Å². The maximum Gasteiger partial charge on any atom is 0.290 e. The standard InChI is InChI=1S/C28H26N6O3S/c35-26-24(38-28(36)34-26)15-21-11-13-30-27(33-21)32-20-9-7-19(8-10-20)31-16-18-5-3-12-29-25(18)23-14-17-4-1-2-6-22(17)37-23/h1-6,11-15,19-20,31H,7-10,16H2,(H,30,32,33)(H,34,35,36)/b24-15-. The SMILES string of the molecule is O=C1NC(=O)/C(=C/c2ccnc(NC3CCC(NCc4cccnc4-c4cc5ccccc5o4)CC3)n2)S1. The highest BCUT2D eigenvalue weighted by Crippen LogP contribution is 2.29. The third kappa shape index (κ3) is 5.46. The van der Waals surface area contributed by atoms with E-state index in [9.17, 15) is 9.59 Å². The van der Waals surface area contributed by atoms with E-state index in [0.29, 0.717) is 22.6 Å². The molecule has 4 heterocycles. The first-order chi connectivity index (χ1) is 18.6. The molecule has 0 spiro atoms. The highest BCUT2D eigenvalue weighted by Gasteiger charge is 2.25. The van der Waals surface area contributed by atoms with Gasteiger partial charge in [0, 0.05) is 36.4 Å². The second-order valence-corrected chi connectivity index (χ2v) is 10.4. The van der Waals surface area contributed by atoms with Crippen molar-refractivity contribution in [2.45, 2.75) is 44.3 Å². The number of nitrogens with zero attached hydrogens (tertiary/aromatic N) is 3. The fourth-order valence-electron chi connectivity index (χ4n) is 4.86. The molecule has 192 valence electrons. The number of hydrogen-bond donors (Lipinski definition) is 3. The van der Waals surface area contributed by atoms with Crippen molar-refractivity contribution in [2.75, 3.05) is 5.32 Å². The van der Waals surface area contributed by atoms with E-state index in [2.05, 4.69) is 37.0 Å². The maximum absolute atomic E-state index is 11.8. The summed E-state index contributed by atoms with van der Waals surface area (Å²) in [5.41, 5.74) is 3.43. The Morgan fingerprint density at radius 1 is 1.00 bits per heavy atom. The van der Waals surface area contributed by atoms with Gasteiger partial charge in [-0.3, -0.25) is 19.9 Å². The number of furan rings is 1. The van der Waals surface area contributed by atoms with Gasteiger partial charge in [0.2, 0.25) is 5.95 Å². The lowest BCUT2D eigenvalue weighted by molar-refractivity contribution is -0.115. The monoisotopic (exact) mass is 526 g/mol. The van der Waals surface area contributed by atoms with Crippen LogP contribution in [0.4, 0.5) is 10.7 Å². The van der Waals surface area contributed by atoms with Gasteiger partial charge >= 0.3 is 0 Å². The molecular formula is C28H26N6O3S. The van der Waals surface area contributed by atoms with Crippen LogP contribution in [0.2, 0.25) is 0 Å². The number of nitrogens with one attached hydrogen (secondary N) is 3. The molecule has 2 amide bonds. The molecule has 2 fully saturated rings. The Kier molecular flexibility index (Phi) is 6.89. The number of amides is 2. The fraction of sp³-hybridized carbons (Fsp3) is 0.250. The van der Waals surface area contributed by atoms with Gasteiger partial charge in [-0.05, 0) is 73.4 Å². The average molecular weight is 527 g/mol. The first-order valence-electron chi connectivity index (χ1n) is 12.6. The molecule has 1 aliphatic carbocycles. The van der Waals surface area contributed by atoms with Gasteiger partial charge < -0.3 is 15.1 Å². The second-order valence-electron chi connectivity index (χ2n) is 9.39. The van der Waals surface area contributed by atoms with Gasteiger partial charge in [-0.2, -0.15) is 0 Å². The Hall–Kier alpha value is -4.02. The first kappa shape index (κ1) is 24.3. The summed E-state index contributed by atoms with van der Waals surface area (Å²) in [6.45, 7) is 0.719. The summed E-state index contributed by atoms with van der Waals surface area (Å²) in [6.07, 6.45) is 9.10. The zero-order chi connectivity index (χ0) is 25.9. The van der Waals surface area contributed by atoms with E-state index in [1.807, 2.05) is 36.4 Å². The van der Waals surface area contributed by atoms with E-state index in [0.717, 1.165) is 72.0 Å². The number of pyridine rings is 1. The fourth-order valence-corrected chi connectivity index (χ4v) is 5.53. The van der Waals surface area contributed by atoms with E-state index in [-0.39, 0.29) is 11.3 Å². The largest absolute Gasteiger partial charge is 0.454 e. The minimum absolute atomic E-state index is 0.270. The molecular weight excluding hydrogens is 500 g/mol. The third-order valence-corrected chi connectivity index (χ3v) is 7.60. The number of imide groups is 1. The number of benzene rings is 1. The highest BCUT2D eigenvalue weighted by atomic mass is 32.2. The topological polar surface area (TPSA) is 122 Å². The number of aromatic nitrogens is 3. The Morgan fingerprint density at radius 2 is 1.84 bits per heavy atom. The summed E-state index contributed by atoms with van der Waals surface area (Å²) < 4.78 is 6.06. The molecule has 3 N–H and O–H groups in total. The molecule has 0 unspecified atom stereocenters. The Labute approximate surface area is 223 Å². The molecule has 6 rings (SSSR count). The number of anilines is 1. The van der Waals surface area contributed by atoms with E-state index in [1.54, 1.807) is 24.5 Å². The van der Waals surface area contributed by atoms with E-state index >= 15 is 0 Å². The zero-order valence-electron chi connectivity index (χ0n) is 20.5. The van der Waals surface area contributed by atoms with Crippen molar-refractivity contribution < 1.29 is 14.0 Å². The summed E-state index contributed by atoms with van der Waals surface area (Å²) in [5.74, 6) is 0.916. The van der Waals surface area contributed by atoms with Gasteiger partial charge in [-0.25, -0.2) is 9.97 Å². The molecule has 0 radical (unpaired) electrons. The van der Waals surface area contributed by atoms with E-state index in [4.69, 9.17) is 4.42 Å². The van der Waals surface area contributed by atoms with Crippen molar-refractivity contribution in [1.82, 2.24) is 25.6 Å². The predicted octanol–water partition coefficient (Wildman–Crippen LogP) is 5.12. The van der Waals surface area contributed by atoms with E-state index < -0.39 is 5.91 Å². The predicted molar refractivity (Wildman–Crippen MR) is 147 cm³/mol. The number of thioether (sulfide) groups is 1. The van der Waals surface area contributed by atoms with Gasteiger partial charge in [0.05, 0.1) is 10.6 Å². The molecule has 1 saturated carbocycles. The number of carbonyl (C=O) groups is 2. The van der Waals surface area contributed by atoms with Crippen LogP contribution in [-0.2, 0) is 11.3 Å². The van der Waals surface area contributed by atoms with Gasteiger partial charge in [0.15, 0.2) is 5.76 Å². The van der Waals surface area contributed by atoms with Gasteiger partial charge in [-0.1, -0.05) is 24.3 Å². The maximum atomic E-state index is 11.8. The molecule has 9 nitrogen and oxygen atoms in total. The Morgan fingerprint density at radius 3 is 2.66 bits per heavy atom. The molecule has 0 bridgehead atoms. The normalized spacial score (nSPS) is 20.7. The third-order valence-electron chi connectivity index (χ3n) is 6.79. The van der Waals surface area contributed by atoms with Crippen molar-refractivity contribution in [2.24, 2.45) is 0 Å². The molecule has 2 aliphatic rings. The van der Waals surface area contributed by atoms with Crippen LogP contribution in [-0.4, -0.2) is 38.2 Å². The molecule has 1 aliphatic heterocycles. The number of carbonyl (C=O) groups excluding carboxylic acids is 2. The molecule has 4 aromatic rings. The minimum atomic E-state index is -0.394. The lowest BCUT2D eigenvalue weighted by Gasteiger charge is -2.30. The highest BCUT2D eigenvalue weighted by molar-refractivity contribution is 8.18. The van der Waals surface area contributed by atoms with Gasteiger partial charge in [0.1, 0.15) is 11.3 Å². The number of para-hydroxylation sites is 1. The smallest absolute Gasteiger partial charge is 0.290 e. The van der Waals surface area contributed by atoms with Crippen LogP contribution in [0.15, 0.2) is 70.2 Å². The molecule has 1 aromatic carbocycles. The first-order valence-corrected chi connectivity index (χ1v) is 13.4. The average Bonchev–Trinajstić information content (AvgIpc) is 3.50. The zero-order valence-corrected chi connectivity index (χ0v) is 21.3. The lowest BCUT2D eigenvalue weighted by atomic mass is 9.91. The molecule has 10 heteroatoms. The van der Waals surface area contributed by atoms with Crippen molar-refractivity contribution in [3.05, 3.63) is 77.1 Å². The van der Waals surface area contributed by atoms with Crippen LogP contribution in [0.3, 0.4) is 0 Å². The van der Waals surface area contributed by atoms with Crippen molar-refractivity contribution in [3.63, 3.8) is 0 Å². The van der Waals surface area contributed by atoms with Crippen molar-refractivity contribution >= 4 is 45.9 Å². The summed E-state index contributed by atoms with van der Waals surface area (Å²) in [7, 11) is 0. The number of rotatable bonds is 7. The molecule has 1 saturated heterocycles. The molecule has 38 heavy (non-hydrogen) atoms. The van der Waals surface area contributed by atoms with Gasteiger partial charge in [-0.15, -0.1) is 0 Å². The van der Waals surface area contributed by atoms with Crippen LogP contribution in [0.5, 0.6) is 0 Å². The molecule has 0 atom stereocenters. The van der Waals surface area contributed by atoms with Crippen LogP contribution < -0.4 is 16.0 Å². The van der Waals surface area contributed by atoms with E-state index in [1.165, 1.54) is 0 Å². The second kappa shape index (κ2) is 10.8. The van der Waals surface area contributed by atoms with Gasteiger partial charge in [0.25, 0.3) is 11.1 Å². The quantitative estimate of drug-likeness (QED) is 0.282. The number of fused-ring (bicyclic) bond motifs is 1. The minimum Gasteiger partial charge on any atom is -0.454 e. The summed E-state index contributed by atoms with van der Waals surface area (Å²) in [4.78, 5) is 37.0. The van der Waals surface area contributed by atoms with Crippen LogP contribution in [0.25, 0.3) is 28.5 Å². The summed E-state index contributed by atoms with van der Waals surface area (Å²) >= 11 is 0.878. The molecule has 3 aromatic heterocycles. The summed E-state index contributed by atoms with van der Waals surface area (Å²) in [5, 5.41) is 10.1.